The summed E-state index contributed by atoms with van der Waals surface area (Å²) in [6.07, 6.45) is 4.69. The molecule has 2 heterocycles. The second-order valence-electron chi connectivity index (χ2n) is 7.26. The third kappa shape index (κ3) is 4.60. The normalized spacial score (nSPS) is 23.2. The highest BCUT2D eigenvalue weighted by atomic mass is 16.2. The van der Waals surface area contributed by atoms with Crippen molar-refractivity contribution in [1.29, 1.82) is 0 Å². The Labute approximate surface area is 150 Å². The van der Waals surface area contributed by atoms with Gasteiger partial charge in [0.15, 0.2) is 0 Å². The van der Waals surface area contributed by atoms with Gasteiger partial charge in [-0.05, 0) is 56.0 Å². The van der Waals surface area contributed by atoms with Crippen LogP contribution in [0.2, 0.25) is 0 Å². The summed E-state index contributed by atoms with van der Waals surface area (Å²) in [4.78, 5) is 26.4. The molecular weight excluding hydrogens is 314 g/mol. The molecule has 2 saturated heterocycles. The average Bonchev–Trinajstić information content (AvgIpc) is 3.26. The molecule has 2 aliphatic rings. The third-order valence-electron chi connectivity index (χ3n) is 5.30. The zero-order chi connectivity index (χ0) is 17.6. The van der Waals surface area contributed by atoms with E-state index in [1.54, 1.807) is 4.90 Å². The monoisotopic (exact) mass is 343 g/mol. The van der Waals surface area contributed by atoms with Gasteiger partial charge in [-0.3, -0.25) is 9.59 Å². The Morgan fingerprint density at radius 2 is 2.12 bits per heavy atom. The van der Waals surface area contributed by atoms with Crippen LogP contribution in [0, 0.1) is 11.8 Å². The number of carbonyl (C=O) groups excluding carboxylic acids is 2. The quantitative estimate of drug-likeness (QED) is 0.797. The highest BCUT2D eigenvalue weighted by molar-refractivity contribution is 6.00. The van der Waals surface area contributed by atoms with E-state index >= 15 is 0 Å². The van der Waals surface area contributed by atoms with Gasteiger partial charge in [0.1, 0.15) is 0 Å². The minimum absolute atomic E-state index is 0.0180. The van der Waals surface area contributed by atoms with E-state index in [1.165, 1.54) is 12.0 Å². The number of benzene rings is 1. The Bertz CT molecular complexity index is 593. The third-order valence-corrected chi connectivity index (χ3v) is 5.30. The molecule has 0 aromatic heterocycles. The Morgan fingerprint density at radius 3 is 2.80 bits per heavy atom. The second kappa shape index (κ2) is 8.48. The van der Waals surface area contributed by atoms with Gasteiger partial charge in [-0.2, -0.15) is 0 Å². The first kappa shape index (κ1) is 17.9. The molecule has 2 aliphatic heterocycles. The number of nitrogens with one attached hydrogen (secondary N) is 2. The molecule has 0 aliphatic carbocycles. The summed E-state index contributed by atoms with van der Waals surface area (Å²) in [5, 5.41) is 6.37. The van der Waals surface area contributed by atoms with E-state index in [9.17, 15) is 9.59 Å². The van der Waals surface area contributed by atoms with Gasteiger partial charge in [0.2, 0.25) is 11.8 Å². The lowest BCUT2D eigenvalue weighted by molar-refractivity contribution is -0.126. The molecule has 2 atom stereocenters. The van der Waals surface area contributed by atoms with Gasteiger partial charge in [-0.1, -0.05) is 25.5 Å². The molecule has 136 valence electrons. The molecule has 5 nitrogen and oxygen atoms in total. The molecule has 3 rings (SSSR count). The number of anilines is 1. The zero-order valence-electron chi connectivity index (χ0n) is 15.1. The van der Waals surface area contributed by atoms with Crippen molar-refractivity contribution in [2.75, 3.05) is 31.1 Å². The van der Waals surface area contributed by atoms with E-state index in [0.29, 0.717) is 25.4 Å². The lowest BCUT2D eigenvalue weighted by atomic mass is 10.0. The molecule has 1 aromatic rings. The number of hydrogen-bond acceptors (Lipinski definition) is 3. The van der Waals surface area contributed by atoms with Crippen molar-refractivity contribution in [2.45, 2.75) is 39.0 Å². The summed E-state index contributed by atoms with van der Waals surface area (Å²) < 4.78 is 0. The largest absolute Gasteiger partial charge is 0.356 e. The topological polar surface area (TPSA) is 61.4 Å². The van der Waals surface area contributed by atoms with Crippen molar-refractivity contribution in [3.63, 3.8) is 0 Å². The molecule has 0 saturated carbocycles. The van der Waals surface area contributed by atoms with Crippen LogP contribution in [0.25, 0.3) is 0 Å². The summed E-state index contributed by atoms with van der Waals surface area (Å²) in [5.41, 5.74) is 2.19. The summed E-state index contributed by atoms with van der Waals surface area (Å²) in [5.74, 6) is 0.501. The number of nitrogens with zero attached hydrogens (tertiary/aromatic N) is 1. The number of amides is 2. The molecule has 0 bridgehead atoms. The highest BCUT2D eigenvalue weighted by Gasteiger charge is 2.35. The van der Waals surface area contributed by atoms with Gasteiger partial charge in [0.05, 0.1) is 5.92 Å². The standard InChI is InChI=1S/C20H29N3O2/c1-2-3-15-4-6-18(7-5-15)23-14-17(12-19(23)24)20(25)22-11-9-16-8-10-21-13-16/h4-7,16-17,21H,2-3,8-14H2,1H3,(H,22,25). The van der Waals surface area contributed by atoms with Crippen LogP contribution in [0.15, 0.2) is 24.3 Å². The summed E-state index contributed by atoms with van der Waals surface area (Å²) in [7, 11) is 0. The second-order valence-corrected chi connectivity index (χ2v) is 7.26. The lowest BCUT2D eigenvalue weighted by Gasteiger charge is -2.17. The van der Waals surface area contributed by atoms with Crippen LogP contribution < -0.4 is 15.5 Å². The van der Waals surface area contributed by atoms with Crippen LogP contribution in [0.3, 0.4) is 0 Å². The molecule has 0 radical (unpaired) electrons. The SMILES string of the molecule is CCCc1ccc(N2CC(C(=O)NCCC3CCNC3)CC2=O)cc1. The van der Waals surface area contributed by atoms with Crippen molar-refractivity contribution in [1.82, 2.24) is 10.6 Å². The van der Waals surface area contributed by atoms with E-state index < -0.39 is 0 Å². The van der Waals surface area contributed by atoms with Crippen molar-refractivity contribution >= 4 is 17.5 Å². The highest BCUT2D eigenvalue weighted by Crippen LogP contribution is 2.26. The minimum Gasteiger partial charge on any atom is -0.356 e. The molecule has 0 spiro atoms. The van der Waals surface area contributed by atoms with Gasteiger partial charge in [0.25, 0.3) is 0 Å². The summed E-state index contributed by atoms with van der Waals surface area (Å²) >= 11 is 0. The van der Waals surface area contributed by atoms with E-state index in [1.807, 2.05) is 12.1 Å². The van der Waals surface area contributed by atoms with Gasteiger partial charge in [-0.25, -0.2) is 0 Å². The predicted octanol–water partition coefficient (Wildman–Crippen LogP) is 2.11. The molecule has 2 amide bonds. The van der Waals surface area contributed by atoms with Crippen LogP contribution >= 0.6 is 0 Å². The minimum atomic E-state index is -0.232. The first-order valence-corrected chi connectivity index (χ1v) is 9.55. The van der Waals surface area contributed by atoms with E-state index in [-0.39, 0.29) is 17.7 Å². The fourth-order valence-electron chi connectivity index (χ4n) is 3.77. The van der Waals surface area contributed by atoms with Crippen molar-refractivity contribution in [3.8, 4) is 0 Å². The molecule has 2 N–H and O–H groups in total. The fourth-order valence-corrected chi connectivity index (χ4v) is 3.77. The molecule has 1 aromatic carbocycles. The Kier molecular flexibility index (Phi) is 6.08. The number of hydrogen-bond donors (Lipinski definition) is 2. The maximum absolute atomic E-state index is 12.4. The molecular formula is C20H29N3O2. The van der Waals surface area contributed by atoms with Crippen molar-refractivity contribution in [3.05, 3.63) is 29.8 Å². The van der Waals surface area contributed by atoms with E-state index in [2.05, 4.69) is 29.7 Å². The van der Waals surface area contributed by atoms with Crippen LogP contribution in [-0.2, 0) is 16.0 Å². The molecule has 2 unspecified atom stereocenters. The Morgan fingerprint density at radius 1 is 1.32 bits per heavy atom. The molecule has 2 fully saturated rings. The van der Waals surface area contributed by atoms with Crippen molar-refractivity contribution < 1.29 is 9.59 Å². The van der Waals surface area contributed by atoms with Crippen LogP contribution in [0.1, 0.15) is 38.2 Å². The molecule has 5 heteroatoms. The van der Waals surface area contributed by atoms with Crippen LogP contribution in [-0.4, -0.2) is 38.0 Å². The zero-order valence-corrected chi connectivity index (χ0v) is 15.1. The maximum atomic E-state index is 12.4. The average molecular weight is 343 g/mol. The summed E-state index contributed by atoms with van der Waals surface area (Å²) in [6.45, 7) is 5.50. The first-order chi connectivity index (χ1) is 12.2. The van der Waals surface area contributed by atoms with Crippen molar-refractivity contribution in [2.24, 2.45) is 11.8 Å². The number of carbonyl (C=O) groups is 2. The van der Waals surface area contributed by atoms with Gasteiger partial charge in [0, 0.05) is 25.2 Å². The fraction of sp³-hybridized carbons (Fsp3) is 0.600. The summed E-state index contributed by atoms with van der Waals surface area (Å²) in [6, 6.07) is 8.15. The van der Waals surface area contributed by atoms with Gasteiger partial charge >= 0.3 is 0 Å². The first-order valence-electron chi connectivity index (χ1n) is 9.55. The van der Waals surface area contributed by atoms with E-state index in [4.69, 9.17) is 0 Å². The lowest BCUT2D eigenvalue weighted by Crippen LogP contribution is -2.34. The Balaban J connectivity index is 1.49. The van der Waals surface area contributed by atoms with E-state index in [0.717, 1.165) is 38.0 Å². The van der Waals surface area contributed by atoms with Crippen LogP contribution in [0.5, 0.6) is 0 Å². The Hall–Kier alpha value is -1.88. The maximum Gasteiger partial charge on any atom is 0.227 e. The smallest absolute Gasteiger partial charge is 0.227 e. The number of rotatable bonds is 7. The van der Waals surface area contributed by atoms with Crippen LogP contribution in [0.4, 0.5) is 5.69 Å². The van der Waals surface area contributed by atoms with Gasteiger partial charge < -0.3 is 15.5 Å². The predicted molar refractivity (Wildman–Crippen MR) is 99.5 cm³/mol. The molecule has 25 heavy (non-hydrogen) atoms. The van der Waals surface area contributed by atoms with Gasteiger partial charge in [-0.15, -0.1) is 0 Å². The number of aryl methyl sites for hydroxylation is 1.